The summed E-state index contributed by atoms with van der Waals surface area (Å²) in [7, 11) is 0. The van der Waals surface area contributed by atoms with Crippen molar-refractivity contribution in [3.05, 3.63) is 41.5 Å². The monoisotopic (exact) mass is 285 g/mol. The summed E-state index contributed by atoms with van der Waals surface area (Å²) >= 11 is 0. The molecule has 0 spiro atoms. The second-order valence-electron chi connectivity index (χ2n) is 6.03. The average Bonchev–Trinajstić information content (AvgIpc) is 3.14. The molecule has 1 fully saturated rings. The minimum Gasteiger partial charge on any atom is -0.492 e. The van der Waals surface area contributed by atoms with Crippen LogP contribution < -0.4 is 10.1 Å². The van der Waals surface area contributed by atoms with Crippen molar-refractivity contribution in [2.45, 2.75) is 31.7 Å². The summed E-state index contributed by atoms with van der Waals surface area (Å²) in [6.07, 6.45) is 2.26. The lowest BCUT2D eigenvalue weighted by Gasteiger charge is -2.25. The van der Waals surface area contributed by atoms with Crippen LogP contribution in [-0.2, 0) is 0 Å². The molecule has 2 aliphatic heterocycles. The van der Waals surface area contributed by atoms with Gasteiger partial charge in [-0.25, -0.2) is 0 Å². The molecule has 4 rings (SSSR count). The van der Waals surface area contributed by atoms with Gasteiger partial charge in [0.2, 0.25) is 5.89 Å². The quantitative estimate of drug-likeness (QED) is 0.919. The van der Waals surface area contributed by atoms with E-state index in [2.05, 4.69) is 28.4 Å². The molecular formula is C16H19N3O2. The average molecular weight is 285 g/mol. The van der Waals surface area contributed by atoms with Gasteiger partial charge in [0.1, 0.15) is 12.4 Å². The van der Waals surface area contributed by atoms with Crippen LogP contribution in [0.1, 0.15) is 49.0 Å². The van der Waals surface area contributed by atoms with Gasteiger partial charge in [-0.3, -0.25) is 0 Å². The Bertz CT molecular complexity index is 640. The van der Waals surface area contributed by atoms with E-state index in [1.54, 1.807) is 0 Å². The first-order chi connectivity index (χ1) is 10.3. The molecule has 0 aliphatic carbocycles. The van der Waals surface area contributed by atoms with Gasteiger partial charge in [0.05, 0.1) is 12.0 Å². The zero-order valence-corrected chi connectivity index (χ0v) is 12.1. The predicted molar refractivity (Wildman–Crippen MR) is 77.2 cm³/mol. The summed E-state index contributed by atoms with van der Waals surface area (Å²) in [5.74, 6) is 3.15. The smallest absolute Gasteiger partial charge is 0.243 e. The normalized spacial score (nSPS) is 28.1. The Morgan fingerprint density at radius 3 is 3.10 bits per heavy atom. The Morgan fingerprint density at radius 1 is 1.29 bits per heavy atom. The van der Waals surface area contributed by atoms with E-state index in [1.165, 1.54) is 6.42 Å². The molecule has 5 nitrogen and oxygen atoms in total. The van der Waals surface area contributed by atoms with Crippen LogP contribution in [-0.4, -0.2) is 23.3 Å². The maximum atomic E-state index is 5.70. The summed E-state index contributed by atoms with van der Waals surface area (Å²) < 4.78 is 11.2. The fourth-order valence-corrected chi connectivity index (χ4v) is 3.20. The van der Waals surface area contributed by atoms with Crippen LogP contribution in [0, 0.1) is 5.92 Å². The summed E-state index contributed by atoms with van der Waals surface area (Å²) in [6.45, 7) is 3.87. The van der Waals surface area contributed by atoms with Gasteiger partial charge in [-0.05, 0) is 31.4 Å². The van der Waals surface area contributed by atoms with E-state index in [9.17, 15) is 0 Å². The standard InChI is InChI=1S/C16H19N3O2/c1-10-6-7-17-13(8-10)16-18-15(19-21-16)12-9-20-14-5-3-2-4-11(12)14/h2-5,10,12-13,17H,6-9H2,1H3. The van der Waals surface area contributed by atoms with Crippen LogP contribution in [0.5, 0.6) is 5.75 Å². The van der Waals surface area contributed by atoms with Gasteiger partial charge >= 0.3 is 0 Å². The third-order valence-corrected chi connectivity index (χ3v) is 4.43. The molecule has 0 bridgehead atoms. The summed E-state index contributed by atoms with van der Waals surface area (Å²) in [6, 6.07) is 8.25. The predicted octanol–water partition coefficient (Wildman–Crippen LogP) is 2.65. The minimum atomic E-state index is 0.0831. The van der Waals surface area contributed by atoms with E-state index in [0.29, 0.717) is 18.4 Å². The third-order valence-electron chi connectivity index (χ3n) is 4.43. The van der Waals surface area contributed by atoms with Crippen LogP contribution in [0.2, 0.25) is 0 Å². The van der Waals surface area contributed by atoms with Crippen molar-refractivity contribution in [2.75, 3.05) is 13.2 Å². The molecule has 3 atom stereocenters. The first kappa shape index (κ1) is 12.8. The third kappa shape index (κ3) is 2.31. The van der Waals surface area contributed by atoms with Crippen molar-refractivity contribution >= 4 is 0 Å². The van der Waals surface area contributed by atoms with Crippen molar-refractivity contribution in [1.29, 1.82) is 0 Å². The topological polar surface area (TPSA) is 60.2 Å². The van der Waals surface area contributed by atoms with Gasteiger partial charge < -0.3 is 14.6 Å². The SMILES string of the molecule is CC1CCNC(c2nc(C3COc4ccccc43)no2)C1. The van der Waals surface area contributed by atoms with Crippen LogP contribution in [0.4, 0.5) is 0 Å². The van der Waals surface area contributed by atoms with Gasteiger partial charge in [-0.1, -0.05) is 30.3 Å². The van der Waals surface area contributed by atoms with E-state index in [1.807, 2.05) is 18.2 Å². The van der Waals surface area contributed by atoms with E-state index >= 15 is 0 Å². The largest absolute Gasteiger partial charge is 0.492 e. The Hall–Kier alpha value is -1.88. The van der Waals surface area contributed by atoms with Crippen molar-refractivity contribution < 1.29 is 9.26 Å². The Balaban J connectivity index is 1.58. The van der Waals surface area contributed by atoms with E-state index in [-0.39, 0.29) is 12.0 Å². The molecule has 3 heterocycles. The lowest BCUT2D eigenvalue weighted by atomic mass is 9.94. The van der Waals surface area contributed by atoms with Crippen LogP contribution in [0.3, 0.4) is 0 Å². The molecule has 3 unspecified atom stereocenters. The minimum absolute atomic E-state index is 0.0831. The highest BCUT2D eigenvalue weighted by molar-refractivity contribution is 5.42. The van der Waals surface area contributed by atoms with E-state index < -0.39 is 0 Å². The highest BCUT2D eigenvalue weighted by Crippen LogP contribution is 2.37. The lowest BCUT2D eigenvalue weighted by molar-refractivity contribution is 0.258. The second kappa shape index (κ2) is 5.15. The fraction of sp³-hybridized carbons (Fsp3) is 0.500. The number of rotatable bonds is 2. The number of piperidine rings is 1. The van der Waals surface area contributed by atoms with E-state index in [4.69, 9.17) is 9.26 Å². The first-order valence-corrected chi connectivity index (χ1v) is 7.60. The molecule has 1 saturated heterocycles. The number of nitrogens with zero attached hydrogens (tertiary/aromatic N) is 2. The number of hydrogen-bond donors (Lipinski definition) is 1. The first-order valence-electron chi connectivity index (χ1n) is 7.60. The number of aromatic nitrogens is 2. The lowest BCUT2D eigenvalue weighted by Crippen LogP contribution is -2.31. The summed E-state index contributed by atoms with van der Waals surface area (Å²) in [4.78, 5) is 4.63. The molecule has 0 amide bonds. The molecule has 2 aliphatic rings. The van der Waals surface area contributed by atoms with Crippen molar-refractivity contribution in [1.82, 2.24) is 15.5 Å². The highest BCUT2D eigenvalue weighted by Gasteiger charge is 2.31. The maximum Gasteiger partial charge on any atom is 0.243 e. The molecule has 2 aromatic rings. The molecule has 5 heteroatoms. The maximum absolute atomic E-state index is 5.70. The number of nitrogens with one attached hydrogen (secondary N) is 1. The number of fused-ring (bicyclic) bond motifs is 1. The van der Waals surface area contributed by atoms with Crippen molar-refractivity contribution in [3.63, 3.8) is 0 Å². The van der Waals surface area contributed by atoms with E-state index in [0.717, 1.165) is 30.1 Å². The van der Waals surface area contributed by atoms with Gasteiger partial charge in [-0.15, -0.1) is 0 Å². The molecule has 110 valence electrons. The number of para-hydroxylation sites is 1. The molecule has 1 aromatic carbocycles. The van der Waals surface area contributed by atoms with Crippen LogP contribution in [0.15, 0.2) is 28.8 Å². The van der Waals surface area contributed by atoms with Gasteiger partial charge in [0, 0.05) is 5.56 Å². The van der Waals surface area contributed by atoms with Gasteiger partial charge in [0.15, 0.2) is 5.82 Å². The van der Waals surface area contributed by atoms with Crippen molar-refractivity contribution in [3.8, 4) is 5.75 Å². The second-order valence-corrected chi connectivity index (χ2v) is 6.03. The molecule has 21 heavy (non-hydrogen) atoms. The van der Waals surface area contributed by atoms with Gasteiger partial charge in [0.25, 0.3) is 0 Å². The zero-order valence-electron chi connectivity index (χ0n) is 12.1. The molecular weight excluding hydrogens is 266 g/mol. The number of benzene rings is 1. The summed E-state index contributed by atoms with van der Waals surface area (Å²) in [5, 5.41) is 7.65. The molecule has 0 radical (unpaired) electrons. The summed E-state index contributed by atoms with van der Waals surface area (Å²) in [5.41, 5.74) is 1.15. The van der Waals surface area contributed by atoms with Crippen LogP contribution in [0.25, 0.3) is 0 Å². The Kier molecular flexibility index (Phi) is 3.15. The van der Waals surface area contributed by atoms with Crippen molar-refractivity contribution in [2.24, 2.45) is 5.92 Å². The Labute approximate surface area is 123 Å². The number of hydrogen-bond acceptors (Lipinski definition) is 5. The Morgan fingerprint density at radius 2 is 2.19 bits per heavy atom. The molecule has 0 saturated carbocycles. The molecule has 1 aromatic heterocycles. The molecule has 1 N–H and O–H groups in total. The van der Waals surface area contributed by atoms with Crippen LogP contribution >= 0.6 is 0 Å². The van der Waals surface area contributed by atoms with Gasteiger partial charge in [-0.2, -0.15) is 4.98 Å². The number of ether oxygens (including phenoxy) is 1. The zero-order chi connectivity index (χ0) is 14.2. The highest BCUT2D eigenvalue weighted by atomic mass is 16.5. The fourth-order valence-electron chi connectivity index (χ4n) is 3.20.